The van der Waals surface area contributed by atoms with Gasteiger partial charge < -0.3 is 18.9 Å². The van der Waals surface area contributed by atoms with E-state index in [0.29, 0.717) is 24.7 Å². The van der Waals surface area contributed by atoms with E-state index in [1.54, 1.807) is 24.3 Å². The van der Waals surface area contributed by atoms with E-state index in [1.807, 2.05) is 38.1 Å². The Bertz CT molecular complexity index is 833. The highest BCUT2D eigenvalue weighted by Crippen LogP contribution is 2.33. The van der Waals surface area contributed by atoms with Gasteiger partial charge in [-0.25, -0.2) is 9.59 Å². The zero-order valence-electron chi connectivity index (χ0n) is 18.3. The maximum atomic E-state index is 11.7. The Hall–Kier alpha value is -3.54. The van der Waals surface area contributed by atoms with Crippen LogP contribution in [0, 0.1) is 0 Å². The Labute approximate surface area is 183 Å². The summed E-state index contributed by atoms with van der Waals surface area (Å²) in [6.07, 6.45) is 5.11. The molecule has 0 bridgehead atoms. The summed E-state index contributed by atoms with van der Waals surface area (Å²) in [5.41, 5.74) is 1.78. The van der Waals surface area contributed by atoms with Gasteiger partial charge in [-0.3, -0.25) is 0 Å². The molecule has 6 nitrogen and oxygen atoms in total. The van der Waals surface area contributed by atoms with Crippen molar-refractivity contribution >= 4 is 11.9 Å². The van der Waals surface area contributed by atoms with Crippen molar-refractivity contribution in [2.24, 2.45) is 0 Å². The number of carbonyl (C=O) groups excluding carboxylic acids is 2. The minimum atomic E-state index is -0.498. The molecule has 0 aliphatic heterocycles. The fourth-order valence-electron chi connectivity index (χ4n) is 2.75. The Morgan fingerprint density at radius 1 is 0.710 bits per heavy atom. The second-order valence-electron chi connectivity index (χ2n) is 7.03. The Morgan fingerprint density at radius 2 is 1.06 bits per heavy atom. The Morgan fingerprint density at radius 3 is 1.39 bits per heavy atom. The van der Waals surface area contributed by atoms with E-state index in [4.69, 9.17) is 18.9 Å². The molecule has 164 valence electrons. The Kier molecular flexibility index (Phi) is 8.88. The predicted octanol–water partition coefficient (Wildman–Crippen LogP) is 4.92. The minimum Gasteiger partial charge on any atom is -0.501 e. The van der Waals surface area contributed by atoms with Crippen molar-refractivity contribution < 1.29 is 28.5 Å². The van der Waals surface area contributed by atoms with E-state index < -0.39 is 11.9 Å². The maximum absolute atomic E-state index is 11.7. The molecule has 0 fully saturated rings. The van der Waals surface area contributed by atoms with Crippen LogP contribution in [0.3, 0.4) is 0 Å². The largest absolute Gasteiger partial charge is 0.501 e. The summed E-state index contributed by atoms with van der Waals surface area (Å²) in [6.45, 7) is 8.81. The molecular formula is C25H28O6. The van der Waals surface area contributed by atoms with Crippen LogP contribution in [-0.2, 0) is 24.5 Å². The van der Waals surface area contributed by atoms with E-state index in [2.05, 4.69) is 13.8 Å². The number of hydrogen-bond acceptors (Lipinski definition) is 6. The van der Waals surface area contributed by atoms with Crippen molar-refractivity contribution in [2.75, 3.05) is 13.2 Å². The first-order chi connectivity index (χ1) is 14.9. The normalized spacial score (nSPS) is 11.5. The van der Waals surface area contributed by atoms with Crippen molar-refractivity contribution in [2.45, 2.75) is 33.1 Å². The lowest BCUT2D eigenvalue weighted by Gasteiger charge is -2.26. The van der Waals surface area contributed by atoms with Crippen LogP contribution in [0.1, 0.15) is 38.8 Å². The summed E-state index contributed by atoms with van der Waals surface area (Å²) >= 11 is 0. The zero-order valence-corrected chi connectivity index (χ0v) is 18.3. The molecule has 0 saturated carbocycles. The molecule has 0 amide bonds. The van der Waals surface area contributed by atoms with Gasteiger partial charge in [-0.1, -0.05) is 38.1 Å². The highest BCUT2D eigenvalue weighted by molar-refractivity contribution is 5.84. The lowest BCUT2D eigenvalue weighted by atomic mass is 9.78. The summed E-state index contributed by atoms with van der Waals surface area (Å²) in [5.74, 6) is -0.0930. The summed E-state index contributed by atoms with van der Waals surface area (Å²) in [6, 6.07) is 14.7. The summed E-state index contributed by atoms with van der Waals surface area (Å²) in [7, 11) is 0. The van der Waals surface area contributed by atoms with Crippen LogP contribution >= 0.6 is 0 Å². The molecule has 2 aromatic rings. The second-order valence-corrected chi connectivity index (χ2v) is 7.03. The van der Waals surface area contributed by atoms with Gasteiger partial charge in [0.15, 0.2) is 0 Å². The third-order valence-corrected chi connectivity index (χ3v) is 4.52. The van der Waals surface area contributed by atoms with Gasteiger partial charge in [0.25, 0.3) is 0 Å². The quantitative estimate of drug-likeness (QED) is 0.233. The van der Waals surface area contributed by atoms with Crippen LogP contribution in [-0.4, -0.2) is 25.2 Å². The fourth-order valence-corrected chi connectivity index (χ4v) is 2.75. The van der Waals surface area contributed by atoms with Crippen LogP contribution in [0.25, 0.3) is 0 Å². The number of esters is 2. The molecule has 0 atom stereocenters. The van der Waals surface area contributed by atoms with E-state index in [1.165, 1.54) is 24.7 Å². The average molecular weight is 424 g/mol. The number of benzene rings is 2. The molecular weight excluding hydrogens is 396 g/mol. The molecule has 0 radical (unpaired) electrons. The van der Waals surface area contributed by atoms with E-state index in [-0.39, 0.29) is 5.41 Å². The predicted molar refractivity (Wildman–Crippen MR) is 118 cm³/mol. The summed E-state index contributed by atoms with van der Waals surface area (Å²) in [4.78, 5) is 23.5. The van der Waals surface area contributed by atoms with Crippen molar-refractivity contribution in [3.05, 3.63) is 84.3 Å². The van der Waals surface area contributed by atoms with Crippen LogP contribution in [0.5, 0.6) is 11.5 Å². The molecule has 31 heavy (non-hydrogen) atoms. The van der Waals surface area contributed by atoms with Gasteiger partial charge in [-0.15, -0.1) is 0 Å². The fraction of sp³-hybridized carbons (Fsp3) is 0.280. The minimum absolute atomic E-state index is 0.311. The third kappa shape index (κ3) is 7.33. The van der Waals surface area contributed by atoms with E-state index >= 15 is 0 Å². The molecule has 6 heteroatoms. The standard InChI is InChI=1S/C25H28O6/c1-5-28-17-15-23(26)30-21-11-7-19(8-12-21)25(3,4)20-9-13-22(14-10-20)31-24(27)16-18-29-6-2/h7-18H,5-6H2,1-4H3/b17-15+,18-16+. The highest BCUT2D eigenvalue weighted by Gasteiger charge is 2.23. The molecule has 0 saturated heterocycles. The molecule has 0 heterocycles. The van der Waals surface area contributed by atoms with Crippen molar-refractivity contribution in [3.63, 3.8) is 0 Å². The van der Waals surface area contributed by atoms with Gasteiger partial charge >= 0.3 is 11.9 Å². The zero-order chi connectivity index (χ0) is 22.7. The first kappa shape index (κ1) is 23.7. The smallest absolute Gasteiger partial charge is 0.339 e. The highest BCUT2D eigenvalue weighted by atomic mass is 16.5. The second kappa shape index (κ2) is 11.6. The summed E-state index contributed by atoms with van der Waals surface area (Å²) in [5, 5.41) is 0. The lowest BCUT2D eigenvalue weighted by molar-refractivity contribution is -0.130. The number of rotatable bonds is 10. The topological polar surface area (TPSA) is 71.1 Å². The van der Waals surface area contributed by atoms with E-state index in [0.717, 1.165) is 11.1 Å². The van der Waals surface area contributed by atoms with Gasteiger partial charge in [0.05, 0.1) is 37.9 Å². The third-order valence-electron chi connectivity index (χ3n) is 4.52. The van der Waals surface area contributed by atoms with E-state index in [9.17, 15) is 9.59 Å². The molecule has 0 aliphatic carbocycles. The number of carbonyl (C=O) groups is 2. The van der Waals surface area contributed by atoms with Crippen LogP contribution < -0.4 is 9.47 Å². The van der Waals surface area contributed by atoms with Crippen molar-refractivity contribution in [1.82, 2.24) is 0 Å². The first-order valence-electron chi connectivity index (χ1n) is 10.1. The van der Waals surface area contributed by atoms with Gasteiger partial charge in [0.2, 0.25) is 0 Å². The van der Waals surface area contributed by atoms with Gasteiger partial charge in [0.1, 0.15) is 11.5 Å². The first-order valence-corrected chi connectivity index (χ1v) is 10.1. The molecule has 2 rings (SSSR count). The van der Waals surface area contributed by atoms with Crippen molar-refractivity contribution in [1.29, 1.82) is 0 Å². The number of ether oxygens (including phenoxy) is 4. The molecule has 2 aromatic carbocycles. The van der Waals surface area contributed by atoms with Gasteiger partial charge in [0, 0.05) is 5.41 Å². The molecule has 0 aliphatic rings. The van der Waals surface area contributed by atoms with Crippen LogP contribution in [0.4, 0.5) is 0 Å². The molecule has 0 spiro atoms. The Balaban J connectivity index is 2.04. The van der Waals surface area contributed by atoms with Crippen LogP contribution in [0.15, 0.2) is 73.2 Å². The lowest BCUT2D eigenvalue weighted by Crippen LogP contribution is -2.18. The maximum Gasteiger partial charge on any atom is 0.339 e. The van der Waals surface area contributed by atoms with Gasteiger partial charge in [-0.05, 0) is 49.2 Å². The monoisotopic (exact) mass is 424 g/mol. The molecule has 0 aromatic heterocycles. The van der Waals surface area contributed by atoms with Crippen molar-refractivity contribution in [3.8, 4) is 11.5 Å². The SMILES string of the molecule is CCO/C=C/C(=O)Oc1ccc(C(C)(C)c2ccc(OC(=O)/C=C/OCC)cc2)cc1. The summed E-state index contributed by atoms with van der Waals surface area (Å²) < 4.78 is 20.5. The molecule has 0 N–H and O–H groups in total. The molecule has 0 unspecified atom stereocenters. The number of hydrogen-bond donors (Lipinski definition) is 0. The average Bonchev–Trinajstić information content (AvgIpc) is 2.75. The van der Waals surface area contributed by atoms with Crippen LogP contribution in [0.2, 0.25) is 0 Å². The van der Waals surface area contributed by atoms with Gasteiger partial charge in [-0.2, -0.15) is 0 Å².